The topological polar surface area (TPSA) is 71.3 Å². The second-order valence-electron chi connectivity index (χ2n) is 7.58. The van der Waals surface area contributed by atoms with E-state index in [9.17, 15) is 8.42 Å². The molecule has 0 N–H and O–H groups in total. The first kappa shape index (κ1) is 19.8. The van der Waals surface area contributed by atoms with Crippen molar-refractivity contribution < 1.29 is 8.42 Å². The molecule has 0 unspecified atom stereocenters. The van der Waals surface area contributed by atoms with Gasteiger partial charge in [0, 0.05) is 43.8 Å². The zero-order chi connectivity index (χ0) is 19.6. The Morgan fingerprint density at radius 1 is 1.11 bits per heavy atom. The average Bonchev–Trinajstić information content (AvgIpc) is 3.15. The van der Waals surface area contributed by atoms with Crippen molar-refractivity contribution in [3.05, 3.63) is 36.8 Å². The Hall–Kier alpha value is -1.93. The van der Waals surface area contributed by atoms with Gasteiger partial charge in [0.15, 0.2) is 0 Å². The third-order valence-electron chi connectivity index (χ3n) is 5.00. The monoisotopic (exact) mass is 391 g/mol. The number of nitrogens with zero attached hydrogens (tertiary/aromatic N) is 5. The van der Waals surface area contributed by atoms with Crippen LogP contribution in [0.25, 0.3) is 0 Å². The van der Waals surface area contributed by atoms with Gasteiger partial charge < -0.3 is 4.90 Å². The highest BCUT2D eigenvalue weighted by molar-refractivity contribution is 7.89. The van der Waals surface area contributed by atoms with Gasteiger partial charge in [0.05, 0.1) is 6.04 Å². The van der Waals surface area contributed by atoms with Crippen molar-refractivity contribution in [1.29, 1.82) is 0 Å². The lowest BCUT2D eigenvalue weighted by molar-refractivity contribution is 0.302. The van der Waals surface area contributed by atoms with Gasteiger partial charge in [-0.2, -0.15) is 9.40 Å². The quantitative estimate of drug-likeness (QED) is 0.757. The summed E-state index contributed by atoms with van der Waals surface area (Å²) >= 11 is 0. The first-order valence-electron chi connectivity index (χ1n) is 9.54. The molecular formula is C19H29N5O2S. The summed E-state index contributed by atoms with van der Waals surface area (Å²) in [5, 5.41) is 4.33. The van der Waals surface area contributed by atoms with Crippen molar-refractivity contribution in [1.82, 2.24) is 19.1 Å². The Balaban J connectivity index is 1.70. The van der Waals surface area contributed by atoms with E-state index < -0.39 is 10.0 Å². The summed E-state index contributed by atoms with van der Waals surface area (Å²) < 4.78 is 29.4. The van der Waals surface area contributed by atoms with Crippen LogP contribution < -0.4 is 4.90 Å². The molecule has 1 aliphatic heterocycles. The second-order valence-corrected chi connectivity index (χ2v) is 9.42. The SMILES string of the molecule is CC(C)N(C(C)C)S(=O)(=O)c1ccc(N2CCC(n3cccn3)CC2)nc1. The molecule has 1 fully saturated rings. The van der Waals surface area contributed by atoms with Crippen molar-refractivity contribution in [3.63, 3.8) is 0 Å². The Kier molecular flexibility index (Phi) is 5.86. The van der Waals surface area contributed by atoms with Crippen LogP contribution in [0.5, 0.6) is 0 Å². The molecule has 0 atom stereocenters. The van der Waals surface area contributed by atoms with E-state index in [-0.39, 0.29) is 17.0 Å². The molecule has 0 aliphatic carbocycles. The molecule has 0 spiro atoms. The fourth-order valence-corrected chi connectivity index (χ4v) is 5.62. The molecule has 27 heavy (non-hydrogen) atoms. The minimum Gasteiger partial charge on any atom is -0.356 e. The Morgan fingerprint density at radius 3 is 2.26 bits per heavy atom. The van der Waals surface area contributed by atoms with Crippen LogP contribution in [0, 0.1) is 0 Å². The van der Waals surface area contributed by atoms with Gasteiger partial charge in [0.2, 0.25) is 10.0 Å². The van der Waals surface area contributed by atoms with E-state index >= 15 is 0 Å². The fourth-order valence-electron chi connectivity index (χ4n) is 3.84. The maximum Gasteiger partial charge on any atom is 0.245 e. The molecule has 0 bridgehead atoms. The smallest absolute Gasteiger partial charge is 0.245 e. The summed E-state index contributed by atoms with van der Waals surface area (Å²) in [5.41, 5.74) is 0. The summed E-state index contributed by atoms with van der Waals surface area (Å²) in [7, 11) is -3.54. The van der Waals surface area contributed by atoms with Crippen LogP contribution in [0.1, 0.15) is 46.6 Å². The number of pyridine rings is 1. The van der Waals surface area contributed by atoms with Crippen molar-refractivity contribution in [3.8, 4) is 0 Å². The average molecular weight is 392 g/mol. The van der Waals surface area contributed by atoms with E-state index in [4.69, 9.17) is 0 Å². The molecule has 148 valence electrons. The van der Waals surface area contributed by atoms with E-state index in [0.717, 1.165) is 31.7 Å². The predicted molar refractivity (Wildman–Crippen MR) is 106 cm³/mol. The molecule has 3 rings (SSSR count). The Labute approximate surface area is 162 Å². The standard InChI is InChI=1S/C19H29N5O2S/c1-15(2)24(16(3)4)27(25,26)18-6-7-19(20-14-18)22-12-8-17(9-13-22)23-11-5-10-21-23/h5-7,10-11,14-17H,8-9,12-13H2,1-4H3. The van der Waals surface area contributed by atoms with Crippen LogP contribution in [-0.4, -0.2) is 52.7 Å². The van der Waals surface area contributed by atoms with Gasteiger partial charge in [-0.15, -0.1) is 0 Å². The Morgan fingerprint density at radius 2 is 1.78 bits per heavy atom. The molecule has 0 radical (unpaired) electrons. The maximum atomic E-state index is 12.9. The highest BCUT2D eigenvalue weighted by Crippen LogP contribution is 2.26. The van der Waals surface area contributed by atoms with E-state index in [0.29, 0.717) is 6.04 Å². The zero-order valence-corrected chi connectivity index (χ0v) is 17.3. The van der Waals surface area contributed by atoms with Crippen molar-refractivity contribution in [2.75, 3.05) is 18.0 Å². The normalized spacial score (nSPS) is 16.6. The largest absolute Gasteiger partial charge is 0.356 e. The van der Waals surface area contributed by atoms with Crippen LogP contribution in [0.3, 0.4) is 0 Å². The number of aromatic nitrogens is 3. The van der Waals surface area contributed by atoms with Crippen LogP contribution in [0.4, 0.5) is 5.82 Å². The molecule has 0 amide bonds. The van der Waals surface area contributed by atoms with Gasteiger partial charge in [-0.1, -0.05) is 0 Å². The van der Waals surface area contributed by atoms with Crippen molar-refractivity contribution >= 4 is 15.8 Å². The molecule has 2 aromatic rings. The van der Waals surface area contributed by atoms with E-state index in [1.54, 1.807) is 6.07 Å². The molecule has 7 nitrogen and oxygen atoms in total. The van der Waals surface area contributed by atoms with Crippen molar-refractivity contribution in [2.45, 2.75) is 63.6 Å². The van der Waals surface area contributed by atoms with Crippen LogP contribution in [0.15, 0.2) is 41.7 Å². The maximum absolute atomic E-state index is 12.9. The molecular weight excluding hydrogens is 362 g/mol. The highest BCUT2D eigenvalue weighted by atomic mass is 32.2. The first-order valence-corrected chi connectivity index (χ1v) is 11.0. The fraction of sp³-hybridized carbons (Fsp3) is 0.579. The number of hydrogen-bond acceptors (Lipinski definition) is 5. The summed E-state index contributed by atoms with van der Waals surface area (Å²) in [6.45, 7) is 9.33. The van der Waals surface area contributed by atoms with E-state index in [2.05, 4.69) is 15.0 Å². The number of piperidine rings is 1. The van der Waals surface area contributed by atoms with Crippen LogP contribution >= 0.6 is 0 Å². The van der Waals surface area contributed by atoms with Crippen LogP contribution in [0.2, 0.25) is 0 Å². The molecule has 2 aromatic heterocycles. The zero-order valence-electron chi connectivity index (χ0n) is 16.5. The second kappa shape index (κ2) is 7.98. The van der Waals surface area contributed by atoms with Gasteiger partial charge in [-0.25, -0.2) is 13.4 Å². The highest BCUT2D eigenvalue weighted by Gasteiger charge is 2.30. The van der Waals surface area contributed by atoms with Gasteiger partial charge in [-0.05, 0) is 58.7 Å². The summed E-state index contributed by atoms with van der Waals surface area (Å²) in [6.07, 6.45) is 7.30. The number of anilines is 1. The van der Waals surface area contributed by atoms with E-state index in [1.807, 2.05) is 56.9 Å². The van der Waals surface area contributed by atoms with Gasteiger partial charge >= 0.3 is 0 Å². The molecule has 3 heterocycles. The first-order chi connectivity index (χ1) is 12.8. The van der Waals surface area contributed by atoms with Gasteiger partial charge in [0.1, 0.15) is 10.7 Å². The minimum absolute atomic E-state index is 0.101. The van der Waals surface area contributed by atoms with Gasteiger partial charge in [-0.3, -0.25) is 4.68 Å². The lowest BCUT2D eigenvalue weighted by Gasteiger charge is -2.33. The molecule has 0 saturated carbocycles. The third kappa shape index (κ3) is 4.16. The Bertz CT molecular complexity index is 815. The molecule has 0 aromatic carbocycles. The lowest BCUT2D eigenvalue weighted by Crippen LogP contribution is -2.42. The molecule has 1 aliphatic rings. The molecule has 1 saturated heterocycles. The lowest BCUT2D eigenvalue weighted by atomic mass is 10.1. The summed E-state index contributed by atoms with van der Waals surface area (Å²) in [6, 6.07) is 5.66. The summed E-state index contributed by atoms with van der Waals surface area (Å²) in [5.74, 6) is 0.827. The number of rotatable bonds is 6. The molecule has 8 heteroatoms. The van der Waals surface area contributed by atoms with E-state index in [1.165, 1.54) is 10.5 Å². The minimum atomic E-state index is -3.54. The van der Waals surface area contributed by atoms with Crippen molar-refractivity contribution in [2.24, 2.45) is 0 Å². The third-order valence-corrected chi connectivity index (χ3v) is 7.24. The van der Waals surface area contributed by atoms with Gasteiger partial charge in [0.25, 0.3) is 0 Å². The number of sulfonamides is 1. The van der Waals surface area contributed by atoms with Crippen LogP contribution in [-0.2, 0) is 10.0 Å². The number of hydrogen-bond donors (Lipinski definition) is 0. The predicted octanol–water partition coefficient (Wildman–Crippen LogP) is 2.93. The summed E-state index contributed by atoms with van der Waals surface area (Å²) in [4.78, 5) is 6.91.